The highest BCUT2D eigenvalue weighted by atomic mass is 32.2. The molecule has 0 bridgehead atoms. The van der Waals surface area contributed by atoms with Gasteiger partial charge in [-0.1, -0.05) is 30.3 Å². The highest BCUT2D eigenvalue weighted by molar-refractivity contribution is 7.85. The number of azo groups is 1. The van der Waals surface area contributed by atoms with Gasteiger partial charge in [-0.05, 0) is 54.6 Å². The lowest BCUT2D eigenvalue weighted by atomic mass is 10.1. The van der Waals surface area contributed by atoms with Gasteiger partial charge < -0.3 is 4.81 Å². The molecule has 8 heteroatoms. The van der Waals surface area contributed by atoms with Gasteiger partial charge in [0.15, 0.2) is 0 Å². The Bertz CT molecular complexity index is 1110. The van der Waals surface area contributed by atoms with E-state index in [2.05, 4.69) is 10.2 Å². The lowest BCUT2D eigenvalue weighted by Gasteiger charge is -2.17. The lowest BCUT2D eigenvalue weighted by molar-refractivity contribution is 0.482. The number of hydrogen-bond acceptors (Lipinski definition) is 5. The molecule has 0 aromatic heterocycles. The third-order valence-electron chi connectivity index (χ3n) is 3.94. The van der Waals surface area contributed by atoms with Crippen molar-refractivity contribution in [2.45, 2.75) is 11.8 Å². The molecule has 0 amide bonds. The van der Waals surface area contributed by atoms with Crippen LogP contribution in [-0.2, 0) is 10.1 Å². The monoisotopic (exact) mass is 365 g/mol. The van der Waals surface area contributed by atoms with Crippen molar-refractivity contribution < 1.29 is 13.0 Å². The van der Waals surface area contributed by atoms with Gasteiger partial charge >= 0.3 is 0 Å². The van der Waals surface area contributed by atoms with E-state index >= 15 is 0 Å². The van der Waals surface area contributed by atoms with Gasteiger partial charge in [-0.25, -0.2) is 0 Å². The number of aryl methyl sites for hydroxylation is 1. The van der Waals surface area contributed by atoms with E-state index in [0.717, 1.165) is 10.8 Å². The van der Waals surface area contributed by atoms with Crippen molar-refractivity contribution >= 4 is 45.9 Å². The van der Waals surface area contributed by atoms with Gasteiger partial charge in [0.1, 0.15) is 5.69 Å². The van der Waals surface area contributed by atoms with Crippen LogP contribution >= 0.6 is 0 Å². The number of fused-ring (bicyclic) bond motifs is 1. The molecule has 3 rings (SSSR count). The molecule has 0 saturated carbocycles. The first-order valence-electron chi connectivity index (χ1n) is 7.77. The molecule has 6 nitrogen and oxygen atoms in total. The van der Waals surface area contributed by atoms with Crippen LogP contribution in [0.1, 0.15) is 5.56 Å². The predicted molar refractivity (Wildman–Crippen MR) is 103 cm³/mol. The minimum atomic E-state index is -4.37. The maximum absolute atomic E-state index is 11.5. The largest absolute Gasteiger partial charge is 0.426 e. The normalized spacial score (nSPS) is 12.0. The summed E-state index contributed by atoms with van der Waals surface area (Å²) in [4.78, 5) is 1.09. The van der Waals surface area contributed by atoms with Gasteiger partial charge in [-0.15, -0.1) is 5.11 Å². The molecule has 0 spiro atoms. The molecule has 0 aliphatic heterocycles. The number of benzene rings is 3. The Balaban J connectivity index is 2.07. The summed E-state index contributed by atoms with van der Waals surface area (Å²) in [6.07, 6.45) is 0. The fourth-order valence-electron chi connectivity index (χ4n) is 2.65. The summed E-state index contributed by atoms with van der Waals surface area (Å²) in [6, 6.07) is 16.3. The summed E-state index contributed by atoms with van der Waals surface area (Å²) in [6.45, 7) is 1.57. The molecule has 130 valence electrons. The van der Waals surface area contributed by atoms with Crippen molar-refractivity contribution in [2.24, 2.45) is 10.2 Å². The van der Waals surface area contributed by atoms with E-state index in [0.29, 0.717) is 16.9 Å². The van der Waals surface area contributed by atoms with Gasteiger partial charge in [-0.3, -0.25) is 4.55 Å². The van der Waals surface area contributed by atoms with Crippen molar-refractivity contribution in [3.63, 3.8) is 0 Å². The van der Waals surface area contributed by atoms with E-state index in [4.69, 9.17) is 7.98 Å². The van der Waals surface area contributed by atoms with Crippen LogP contribution in [0.5, 0.6) is 0 Å². The van der Waals surface area contributed by atoms with Crippen LogP contribution in [0.2, 0.25) is 0 Å². The Morgan fingerprint density at radius 2 is 1.69 bits per heavy atom. The Hall–Kier alpha value is -2.71. The Kier molecular flexibility index (Phi) is 4.80. The summed E-state index contributed by atoms with van der Waals surface area (Å²) in [5.74, 6) is 0. The molecule has 0 saturated heterocycles. The minimum Gasteiger partial charge on any atom is -0.426 e. The molecule has 0 unspecified atom stereocenters. The molecule has 26 heavy (non-hydrogen) atoms. The molecule has 2 radical (unpaired) electrons. The topological polar surface area (TPSA) is 82.3 Å². The van der Waals surface area contributed by atoms with Crippen LogP contribution in [0.4, 0.5) is 17.1 Å². The summed E-state index contributed by atoms with van der Waals surface area (Å²) in [5, 5.41) is 10.4. The predicted octanol–water partition coefficient (Wildman–Crippen LogP) is 4.33. The second kappa shape index (κ2) is 6.89. The molecule has 0 aliphatic rings. The van der Waals surface area contributed by atoms with E-state index < -0.39 is 10.1 Å². The summed E-state index contributed by atoms with van der Waals surface area (Å²) >= 11 is 0. The van der Waals surface area contributed by atoms with Crippen LogP contribution in [-0.4, -0.2) is 28.0 Å². The van der Waals surface area contributed by atoms with Crippen LogP contribution in [0.15, 0.2) is 69.7 Å². The zero-order chi connectivity index (χ0) is 18.9. The van der Waals surface area contributed by atoms with Crippen LogP contribution in [0, 0.1) is 6.92 Å². The molecular weight excluding hydrogens is 349 g/mol. The van der Waals surface area contributed by atoms with Crippen LogP contribution < -0.4 is 4.81 Å². The molecular formula is C18H16BN3O3S. The fourth-order valence-corrected chi connectivity index (χ4v) is 3.38. The van der Waals surface area contributed by atoms with E-state index in [1.807, 2.05) is 42.5 Å². The van der Waals surface area contributed by atoms with Gasteiger partial charge in [0.25, 0.3) is 10.1 Å². The van der Waals surface area contributed by atoms with Crippen LogP contribution in [0.3, 0.4) is 0 Å². The first kappa shape index (κ1) is 18.1. The minimum absolute atomic E-state index is 0.226. The SMILES string of the molecule is [B]N(C)c1cc(C)c(S(=O)(=O)O)cc1N=Nc1ccc2ccccc2c1. The quantitative estimate of drug-likeness (QED) is 0.424. The molecule has 3 aromatic rings. The maximum Gasteiger partial charge on any atom is 0.294 e. The van der Waals surface area contributed by atoms with E-state index in [9.17, 15) is 13.0 Å². The van der Waals surface area contributed by atoms with Crippen molar-refractivity contribution in [3.8, 4) is 0 Å². The number of hydrogen-bond donors (Lipinski definition) is 1. The van der Waals surface area contributed by atoms with Gasteiger partial charge in [-0.2, -0.15) is 13.5 Å². The van der Waals surface area contributed by atoms with Crippen molar-refractivity contribution in [2.75, 3.05) is 11.9 Å². The smallest absolute Gasteiger partial charge is 0.294 e. The summed E-state index contributed by atoms with van der Waals surface area (Å²) in [7, 11) is 3.04. The van der Waals surface area contributed by atoms with Gasteiger partial charge in [0, 0.05) is 0 Å². The third-order valence-corrected chi connectivity index (χ3v) is 4.93. The van der Waals surface area contributed by atoms with Crippen molar-refractivity contribution in [3.05, 3.63) is 60.2 Å². The second-order valence-corrected chi connectivity index (χ2v) is 7.31. The maximum atomic E-state index is 11.5. The molecule has 0 atom stereocenters. The first-order chi connectivity index (χ1) is 12.3. The van der Waals surface area contributed by atoms with E-state index in [-0.39, 0.29) is 10.6 Å². The number of rotatable bonds is 4. The summed E-state index contributed by atoms with van der Waals surface area (Å²) < 4.78 is 32.5. The average molecular weight is 365 g/mol. The number of anilines is 1. The average Bonchev–Trinajstić information content (AvgIpc) is 2.59. The first-order valence-corrected chi connectivity index (χ1v) is 9.21. The van der Waals surface area contributed by atoms with E-state index in [1.165, 1.54) is 16.9 Å². The standard InChI is InChI=1S/C18H16BN3O3S/c1-12-9-17(22(2)19)16(11-18(12)26(23,24)25)21-20-15-8-7-13-5-3-4-6-14(13)10-15/h3-11H,1-2H3,(H,23,24,25). The molecule has 1 N–H and O–H groups in total. The second-order valence-electron chi connectivity index (χ2n) is 5.92. The van der Waals surface area contributed by atoms with Crippen molar-refractivity contribution in [1.82, 2.24) is 0 Å². The third kappa shape index (κ3) is 3.76. The summed E-state index contributed by atoms with van der Waals surface area (Å²) in [5.41, 5.74) is 1.70. The lowest BCUT2D eigenvalue weighted by Crippen LogP contribution is -2.12. The zero-order valence-electron chi connectivity index (χ0n) is 14.3. The van der Waals surface area contributed by atoms with Gasteiger partial charge in [0.05, 0.1) is 16.3 Å². The molecule has 0 heterocycles. The highest BCUT2D eigenvalue weighted by Gasteiger charge is 2.17. The molecule has 3 aromatic carbocycles. The zero-order valence-corrected chi connectivity index (χ0v) is 15.1. The fraction of sp³-hybridized carbons (Fsp3) is 0.111. The van der Waals surface area contributed by atoms with Gasteiger partial charge in [0.2, 0.25) is 7.98 Å². The van der Waals surface area contributed by atoms with Crippen LogP contribution in [0.25, 0.3) is 10.8 Å². The Morgan fingerprint density at radius 3 is 2.35 bits per heavy atom. The highest BCUT2D eigenvalue weighted by Crippen LogP contribution is 2.34. The van der Waals surface area contributed by atoms with E-state index in [1.54, 1.807) is 14.0 Å². The molecule has 0 fully saturated rings. The Labute approximate surface area is 153 Å². The molecule has 0 aliphatic carbocycles. The number of nitrogens with zero attached hydrogens (tertiary/aromatic N) is 3. The Morgan fingerprint density at radius 1 is 1.00 bits per heavy atom. The van der Waals surface area contributed by atoms with Crippen molar-refractivity contribution in [1.29, 1.82) is 0 Å².